The lowest BCUT2D eigenvalue weighted by atomic mass is 9.97. The molecule has 4 N–H and O–H groups in total. The number of aliphatic carboxylic acids is 1. The maximum Gasteiger partial charge on any atom is 0.305 e. The molecule has 0 spiro atoms. The van der Waals surface area contributed by atoms with Crippen LogP contribution >= 0.6 is 0 Å². The van der Waals surface area contributed by atoms with Crippen LogP contribution in [0.25, 0.3) is 6.08 Å². The van der Waals surface area contributed by atoms with E-state index in [4.69, 9.17) is 0 Å². The summed E-state index contributed by atoms with van der Waals surface area (Å²) in [6, 6.07) is 12.0. The molecular formula is C22H25NO4. The summed E-state index contributed by atoms with van der Waals surface area (Å²) < 4.78 is 0. The van der Waals surface area contributed by atoms with Crippen LogP contribution < -0.4 is 5.32 Å². The van der Waals surface area contributed by atoms with Gasteiger partial charge in [-0.1, -0.05) is 56.8 Å². The number of benzene rings is 2. The van der Waals surface area contributed by atoms with Crippen LogP contribution in [-0.4, -0.2) is 21.3 Å². The second-order valence-electron chi connectivity index (χ2n) is 6.72. The Morgan fingerprint density at radius 2 is 1.70 bits per heavy atom. The zero-order chi connectivity index (χ0) is 20.0. The smallest absolute Gasteiger partial charge is 0.305 e. The van der Waals surface area contributed by atoms with Crippen molar-refractivity contribution in [3.63, 3.8) is 0 Å². The van der Waals surface area contributed by atoms with Crippen LogP contribution in [0.3, 0.4) is 0 Å². The molecule has 0 radical (unpaired) electrons. The predicted octanol–water partition coefficient (Wildman–Crippen LogP) is 4.55. The second kappa shape index (κ2) is 8.94. The van der Waals surface area contributed by atoms with E-state index < -0.39 is 12.0 Å². The molecule has 0 heterocycles. The molecule has 0 aliphatic heterocycles. The van der Waals surface area contributed by atoms with Gasteiger partial charge in [-0.15, -0.1) is 0 Å². The number of carboxylic acids is 1. The van der Waals surface area contributed by atoms with Crippen molar-refractivity contribution < 1.29 is 20.1 Å². The summed E-state index contributed by atoms with van der Waals surface area (Å²) in [7, 11) is 0. The van der Waals surface area contributed by atoms with Gasteiger partial charge in [-0.05, 0) is 40.8 Å². The Labute approximate surface area is 159 Å². The molecule has 142 valence electrons. The van der Waals surface area contributed by atoms with Crippen LogP contribution in [0, 0.1) is 0 Å². The summed E-state index contributed by atoms with van der Waals surface area (Å²) in [5.41, 5.74) is 3.29. The van der Waals surface area contributed by atoms with Gasteiger partial charge in [0.1, 0.15) is 0 Å². The van der Waals surface area contributed by atoms with Gasteiger partial charge in [0, 0.05) is 5.70 Å². The zero-order valence-electron chi connectivity index (χ0n) is 15.5. The van der Waals surface area contributed by atoms with E-state index in [1.807, 2.05) is 24.3 Å². The lowest BCUT2D eigenvalue weighted by Crippen LogP contribution is -2.22. The van der Waals surface area contributed by atoms with E-state index in [-0.39, 0.29) is 17.9 Å². The van der Waals surface area contributed by atoms with Gasteiger partial charge in [0.2, 0.25) is 0 Å². The normalized spacial score (nSPS) is 12.3. The Morgan fingerprint density at radius 3 is 2.26 bits per heavy atom. The molecule has 0 aliphatic carbocycles. The Hall–Kier alpha value is -3.21. The molecule has 0 saturated carbocycles. The number of carbonyl (C=O) groups is 1. The van der Waals surface area contributed by atoms with E-state index in [9.17, 15) is 20.1 Å². The standard InChI is InChI=1S/C22H25NO4/c1-14(2)17-7-9-18(10-8-17)19(13-22(26)27)23-15(3)4-5-16-6-11-20(24)21(25)12-16/h4-12,14,19,23-25H,3,13H2,1-2H3,(H,26,27)/b5-4+. The molecule has 0 saturated heterocycles. The molecule has 0 aliphatic rings. The summed E-state index contributed by atoms with van der Waals surface area (Å²) in [4.78, 5) is 11.2. The van der Waals surface area contributed by atoms with Gasteiger partial charge in [-0.3, -0.25) is 4.79 Å². The van der Waals surface area contributed by atoms with E-state index in [1.54, 1.807) is 18.2 Å². The van der Waals surface area contributed by atoms with Gasteiger partial charge < -0.3 is 20.6 Å². The number of carboxylic acid groups (broad SMARTS) is 1. The molecule has 5 heteroatoms. The van der Waals surface area contributed by atoms with Crippen LogP contribution in [0.1, 0.15) is 48.9 Å². The van der Waals surface area contributed by atoms with Crippen LogP contribution in [0.5, 0.6) is 11.5 Å². The Bertz CT molecular complexity index is 838. The number of rotatable bonds is 8. The van der Waals surface area contributed by atoms with Gasteiger partial charge in [-0.25, -0.2) is 0 Å². The number of phenols is 2. The third kappa shape index (κ3) is 5.92. The lowest BCUT2D eigenvalue weighted by molar-refractivity contribution is -0.137. The SMILES string of the molecule is C=C(/C=C/c1ccc(O)c(O)c1)NC(CC(=O)O)c1ccc(C(C)C)cc1. The quantitative estimate of drug-likeness (QED) is 0.406. The van der Waals surface area contributed by atoms with Crippen molar-refractivity contribution in [2.75, 3.05) is 0 Å². The average Bonchev–Trinajstić information content (AvgIpc) is 2.62. The summed E-state index contributed by atoms with van der Waals surface area (Å²) in [5.74, 6) is -0.884. The predicted molar refractivity (Wildman–Crippen MR) is 107 cm³/mol. The lowest BCUT2D eigenvalue weighted by Gasteiger charge is -2.19. The maximum absolute atomic E-state index is 11.2. The monoisotopic (exact) mass is 367 g/mol. The minimum Gasteiger partial charge on any atom is -0.504 e. The van der Waals surface area contributed by atoms with Gasteiger partial charge in [0.25, 0.3) is 0 Å². The molecule has 0 amide bonds. The number of aromatic hydroxyl groups is 2. The van der Waals surface area contributed by atoms with Crippen molar-refractivity contribution in [2.45, 2.75) is 32.2 Å². The van der Waals surface area contributed by atoms with Gasteiger partial charge in [-0.2, -0.15) is 0 Å². The van der Waals surface area contributed by atoms with Crippen LogP contribution in [0.4, 0.5) is 0 Å². The number of nitrogens with one attached hydrogen (secondary N) is 1. The van der Waals surface area contributed by atoms with Crippen molar-refractivity contribution in [1.82, 2.24) is 5.32 Å². The molecule has 1 unspecified atom stereocenters. The highest BCUT2D eigenvalue weighted by Gasteiger charge is 2.15. The number of hydrogen-bond acceptors (Lipinski definition) is 4. The maximum atomic E-state index is 11.2. The van der Waals surface area contributed by atoms with E-state index in [0.29, 0.717) is 17.2 Å². The molecule has 1 atom stereocenters. The van der Waals surface area contributed by atoms with Gasteiger partial charge >= 0.3 is 5.97 Å². The highest BCUT2D eigenvalue weighted by Crippen LogP contribution is 2.26. The topological polar surface area (TPSA) is 89.8 Å². The van der Waals surface area contributed by atoms with E-state index in [2.05, 4.69) is 25.7 Å². The Morgan fingerprint density at radius 1 is 1.07 bits per heavy atom. The largest absolute Gasteiger partial charge is 0.504 e. The van der Waals surface area contributed by atoms with Gasteiger partial charge in [0.05, 0.1) is 12.5 Å². The first-order valence-electron chi connectivity index (χ1n) is 8.73. The minimum atomic E-state index is -0.902. The van der Waals surface area contributed by atoms with Crippen molar-refractivity contribution in [3.8, 4) is 11.5 Å². The molecule has 2 rings (SSSR count). The number of phenolic OH excluding ortho intramolecular Hbond substituents is 2. The van der Waals surface area contributed by atoms with E-state index >= 15 is 0 Å². The number of allylic oxidation sites excluding steroid dienone is 1. The summed E-state index contributed by atoms with van der Waals surface area (Å²) in [6.07, 6.45) is 3.34. The number of hydrogen-bond donors (Lipinski definition) is 4. The van der Waals surface area contributed by atoms with E-state index in [1.165, 1.54) is 17.7 Å². The van der Waals surface area contributed by atoms with Crippen molar-refractivity contribution in [3.05, 3.63) is 77.5 Å². The summed E-state index contributed by atoms with van der Waals surface area (Å²) in [6.45, 7) is 8.14. The Balaban J connectivity index is 2.12. The fourth-order valence-electron chi connectivity index (χ4n) is 2.65. The van der Waals surface area contributed by atoms with Crippen LogP contribution in [-0.2, 0) is 4.79 Å². The van der Waals surface area contributed by atoms with Gasteiger partial charge in [0.15, 0.2) is 11.5 Å². The Kier molecular flexibility index (Phi) is 6.66. The first-order chi connectivity index (χ1) is 12.8. The average molecular weight is 367 g/mol. The zero-order valence-corrected chi connectivity index (χ0v) is 15.5. The van der Waals surface area contributed by atoms with Crippen molar-refractivity contribution >= 4 is 12.0 Å². The van der Waals surface area contributed by atoms with Crippen molar-refractivity contribution in [2.24, 2.45) is 0 Å². The third-order valence-electron chi connectivity index (χ3n) is 4.22. The van der Waals surface area contributed by atoms with Crippen LogP contribution in [0.2, 0.25) is 0 Å². The van der Waals surface area contributed by atoms with Crippen molar-refractivity contribution in [1.29, 1.82) is 0 Å². The highest BCUT2D eigenvalue weighted by atomic mass is 16.4. The fraction of sp³-hybridized carbons (Fsp3) is 0.227. The molecule has 0 aromatic heterocycles. The minimum absolute atomic E-state index is 0.0755. The third-order valence-corrected chi connectivity index (χ3v) is 4.22. The molecular weight excluding hydrogens is 342 g/mol. The first-order valence-corrected chi connectivity index (χ1v) is 8.73. The molecule has 0 bridgehead atoms. The fourth-order valence-corrected chi connectivity index (χ4v) is 2.65. The summed E-state index contributed by atoms with van der Waals surface area (Å²) >= 11 is 0. The molecule has 27 heavy (non-hydrogen) atoms. The molecule has 5 nitrogen and oxygen atoms in total. The molecule has 0 fully saturated rings. The second-order valence-corrected chi connectivity index (χ2v) is 6.72. The molecule has 2 aromatic carbocycles. The first kappa shape index (κ1) is 20.1. The van der Waals surface area contributed by atoms with E-state index in [0.717, 1.165) is 5.56 Å². The van der Waals surface area contributed by atoms with Crippen LogP contribution in [0.15, 0.2) is 60.8 Å². The molecule has 2 aromatic rings. The summed E-state index contributed by atoms with van der Waals surface area (Å²) in [5, 5.41) is 31.2. The highest BCUT2D eigenvalue weighted by molar-refractivity contribution is 5.68.